The van der Waals surface area contributed by atoms with Crippen molar-refractivity contribution in [2.45, 2.75) is 26.0 Å². The first-order valence-corrected chi connectivity index (χ1v) is 8.87. The normalized spacial score (nSPS) is 26.9. The van der Waals surface area contributed by atoms with E-state index in [0.717, 1.165) is 26.2 Å². The van der Waals surface area contributed by atoms with Crippen LogP contribution in [0.25, 0.3) is 0 Å². The quantitative estimate of drug-likeness (QED) is 0.919. The van der Waals surface area contributed by atoms with E-state index in [0.29, 0.717) is 18.4 Å². The van der Waals surface area contributed by atoms with E-state index in [-0.39, 0.29) is 12.1 Å². The van der Waals surface area contributed by atoms with Gasteiger partial charge in [0.1, 0.15) is 0 Å². The molecule has 2 saturated heterocycles. The molecule has 0 bridgehead atoms. The van der Waals surface area contributed by atoms with Crippen molar-refractivity contribution in [2.24, 2.45) is 11.8 Å². The Morgan fingerprint density at radius 3 is 3.00 bits per heavy atom. The van der Waals surface area contributed by atoms with Crippen LogP contribution in [0.2, 0.25) is 0 Å². The first kappa shape index (κ1) is 17.2. The molecule has 5 heteroatoms. The monoisotopic (exact) mass is 331 g/mol. The topological polar surface area (TPSA) is 44.8 Å². The molecule has 5 nitrogen and oxygen atoms in total. The van der Waals surface area contributed by atoms with E-state index in [1.165, 1.54) is 17.5 Å². The molecule has 0 radical (unpaired) electrons. The van der Waals surface area contributed by atoms with Crippen molar-refractivity contribution in [2.75, 3.05) is 40.3 Å². The highest BCUT2D eigenvalue weighted by atomic mass is 16.5. The minimum absolute atomic E-state index is 0.0468. The number of hydrogen-bond acceptors (Lipinski definition) is 3. The summed E-state index contributed by atoms with van der Waals surface area (Å²) in [4.78, 5) is 15.8. The largest absolute Gasteiger partial charge is 0.376 e. The first-order valence-electron chi connectivity index (χ1n) is 8.87. The zero-order valence-corrected chi connectivity index (χ0v) is 15.0. The number of amides is 2. The summed E-state index contributed by atoms with van der Waals surface area (Å²) in [6, 6.07) is 8.71. The maximum absolute atomic E-state index is 11.7. The number of ether oxygens (including phenoxy) is 1. The number of carbonyl (C=O) groups is 1. The Balaban J connectivity index is 1.56. The fourth-order valence-corrected chi connectivity index (χ4v) is 3.87. The summed E-state index contributed by atoms with van der Waals surface area (Å²) in [5, 5.41) is 2.97. The summed E-state index contributed by atoms with van der Waals surface area (Å²) in [5.41, 5.74) is 2.70. The summed E-state index contributed by atoms with van der Waals surface area (Å²) >= 11 is 0. The Bertz CT molecular complexity index is 575. The van der Waals surface area contributed by atoms with Crippen molar-refractivity contribution >= 4 is 6.03 Å². The van der Waals surface area contributed by atoms with Crippen LogP contribution in [-0.4, -0.2) is 62.3 Å². The molecule has 2 aliphatic heterocycles. The van der Waals surface area contributed by atoms with Gasteiger partial charge in [0.15, 0.2) is 0 Å². The molecule has 0 aromatic heterocycles. The SMILES string of the molecule is Cc1cccc(CN2CC[C@H]3CO[C@H](CNC(=O)N(C)C)[C@H]3C2)c1. The molecule has 0 saturated carbocycles. The van der Waals surface area contributed by atoms with Crippen LogP contribution in [0.3, 0.4) is 0 Å². The van der Waals surface area contributed by atoms with Gasteiger partial charge in [-0.25, -0.2) is 4.79 Å². The fraction of sp³-hybridized carbons (Fsp3) is 0.632. The molecule has 2 fully saturated rings. The third-order valence-electron chi connectivity index (χ3n) is 5.24. The van der Waals surface area contributed by atoms with E-state index in [1.807, 2.05) is 0 Å². The van der Waals surface area contributed by atoms with E-state index < -0.39 is 0 Å². The van der Waals surface area contributed by atoms with Crippen LogP contribution in [0.1, 0.15) is 17.5 Å². The molecular weight excluding hydrogens is 302 g/mol. The molecule has 132 valence electrons. The summed E-state index contributed by atoms with van der Waals surface area (Å²) in [6.45, 7) is 6.78. The Kier molecular flexibility index (Phi) is 5.41. The second-order valence-electron chi connectivity index (χ2n) is 7.39. The third-order valence-corrected chi connectivity index (χ3v) is 5.24. The average Bonchev–Trinajstić information content (AvgIpc) is 2.95. The van der Waals surface area contributed by atoms with Crippen LogP contribution in [-0.2, 0) is 11.3 Å². The number of piperidine rings is 1. The van der Waals surface area contributed by atoms with Crippen LogP contribution < -0.4 is 5.32 Å². The van der Waals surface area contributed by atoms with Gasteiger partial charge in [0.25, 0.3) is 0 Å². The number of benzene rings is 1. The standard InChI is InChI=1S/C19H29N3O2/c1-14-5-4-6-15(9-14)11-22-8-7-16-13-24-18(17(16)12-22)10-20-19(23)21(2)3/h4-6,9,16-18H,7-8,10-13H2,1-3H3,(H,20,23)/t16-,17-,18+/m0/s1. The van der Waals surface area contributed by atoms with E-state index in [4.69, 9.17) is 4.74 Å². The number of carbonyl (C=O) groups excluding carboxylic acids is 1. The number of hydrogen-bond donors (Lipinski definition) is 1. The lowest BCUT2D eigenvalue weighted by atomic mass is 9.84. The number of rotatable bonds is 4. The van der Waals surface area contributed by atoms with Crippen molar-refractivity contribution in [1.29, 1.82) is 0 Å². The van der Waals surface area contributed by atoms with Gasteiger partial charge in [-0.3, -0.25) is 4.90 Å². The number of fused-ring (bicyclic) bond motifs is 1. The molecule has 24 heavy (non-hydrogen) atoms. The highest BCUT2D eigenvalue weighted by Gasteiger charge is 2.40. The minimum atomic E-state index is -0.0468. The molecule has 1 N–H and O–H groups in total. The maximum atomic E-state index is 11.7. The summed E-state index contributed by atoms with van der Waals surface area (Å²) < 4.78 is 5.99. The minimum Gasteiger partial charge on any atom is -0.376 e. The number of nitrogens with zero attached hydrogens (tertiary/aromatic N) is 2. The second kappa shape index (κ2) is 7.53. The van der Waals surface area contributed by atoms with Crippen molar-refractivity contribution in [3.63, 3.8) is 0 Å². The Morgan fingerprint density at radius 1 is 1.42 bits per heavy atom. The maximum Gasteiger partial charge on any atom is 0.316 e. The summed E-state index contributed by atoms with van der Waals surface area (Å²) in [7, 11) is 3.52. The lowest BCUT2D eigenvalue weighted by Crippen LogP contribution is -2.46. The van der Waals surface area contributed by atoms with Crippen molar-refractivity contribution in [3.05, 3.63) is 35.4 Å². The van der Waals surface area contributed by atoms with Crippen LogP contribution in [0.4, 0.5) is 4.79 Å². The van der Waals surface area contributed by atoms with Gasteiger partial charge in [-0.05, 0) is 31.4 Å². The number of nitrogens with one attached hydrogen (secondary N) is 1. The highest BCUT2D eigenvalue weighted by molar-refractivity contribution is 5.73. The van der Waals surface area contributed by atoms with Gasteiger partial charge in [0, 0.05) is 39.6 Å². The van der Waals surface area contributed by atoms with E-state index in [9.17, 15) is 4.79 Å². The lowest BCUT2D eigenvalue weighted by molar-refractivity contribution is 0.0744. The Hall–Kier alpha value is -1.59. The Morgan fingerprint density at radius 2 is 2.25 bits per heavy atom. The van der Waals surface area contributed by atoms with Crippen LogP contribution in [0.15, 0.2) is 24.3 Å². The molecule has 0 aliphatic carbocycles. The average molecular weight is 331 g/mol. The molecular formula is C19H29N3O2. The molecule has 1 aromatic rings. The third kappa shape index (κ3) is 4.08. The van der Waals surface area contributed by atoms with Gasteiger partial charge >= 0.3 is 6.03 Å². The van der Waals surface area contributed by atoms with Gasteiger partial charge in [0.05, 0.1) is 12.7 Å². The molecule has 1 aromatic carbocycles. The van der Waals surface area contributed by atoms with Gasteiger partial charge in [-0.15, -0.1) is 0 Å². The van der Waals surface area contributed by atoms with Gasteiger partial charge in [0.2, 0.25) is 0 Å². The van der Waals surface area contributed by atoms with Crippen molar-refractivity contribution in [3.8, 4) is 0 Å². The second-order valence-corrected chi connectivity index (χ2v) is 7.39. The lowest BCUT2D eigenvalue weighted by Gasteiger charge is -2.36. The number of aryl methyl sites for hydroxylation is 1. The van der Waals surface area contributed by atoms with Crippen molar-refractivity contribution < 1.29 is 9.53 Å². The highest BCUT2D eigenvalue weighted by Crippen LogP contribution is 2.34. The molecule has 0 spiro atoms. The zero-order valence-electron chi connectivity index (χ0n) is 15.0. The summed E-state index contributed by atoms with van der Waals surface area (Å²) in [6.07, 6.45) is 1.33. The van der Waals surface area contributed by atoms with Gasteiger partial charge < -0.3 is 15.0 Å². The molecule has 2 amide bonds. The molecule has 2 aliphatic rings. The van der Waals surface area contributed by atoms with Gasteiger partial charge in [-0.2, -0.15) is 0 Å². The predicted molar refractivity (Wildman–Crippen MR) is 94.9 cm³/mol. The number of likely N-dealkylation sites (tertiary alicyclic amines) is 1. The number of urea groups is 1. The molecule has 0 unspecified atom stereocenters. The Labute approximate surface area is 145 Å². The van der Waals surface area contributed by atoms with Gasteiger partial charge in [-0.1, -0.05) is 29.8 Å². The molecule has 3 atom stereocenters. The van der Waals surface area contributed by atoms with Crippen LogP contribution in [0, 0.1) is 18.8 Å². The summed E-state index contributed by atoms with van der Waals surface area (Å²) in [5.74, 6) is 1.16. The zero-order chi connectivity index (χ0) is 17.1. The van der Waals surface area contributed by atoms with Crippen LogP contribution >= 0.6 is 0 Å². The molecule has 2 heterocycles. The smallest absolute Gasteiger partial charge is 0.316 e. The van der Waals surface area contributed by atoms with E-state index in [2.05, 4.69) is 41.4 Å². The predicted octanol–water partition coefficient (Wildman–Crippen LogP) is 2.10. The van der Waals surface area contributed by atoms with E-state index >= 15 is 0 Å². The van der Waals surface area contributed by atoms with E-state index in [1.54, 1.807) is 19.0 Å². The first-order chi connectivity index (χ1) is 11.5. The molecule has 3 rings (SSSR count). The fourth-order valence-electron chi connectivity index (χ4n) is 3.87. The van der Waals surface area contributed by atoms with Crippen molar-refractivity contribution in [1.82, 2.24) is 15.1 Å². The van der Waals surface area contributed by atoms with Crippen LogP contribution in [0.5, 0.6) is 0 Å².